The van der Waals surface area contributed by atoms with Gasteiger partial charge >= 0.3 is 5.76 Å². The van der Waals surface area contributed by atoms with Crippen LogP contribution < -0.4 is 15.9 Å². The van der Waals surface area contributed by atoms with Crippen LogP contribution in [0.2, 0.25) is 5.15 Å². The van der Waals surface area contributed by atoms with Gasteiger partial charge in [0.25, 0.3) is 0 Å². The third-order valence-electron chi connectivity index (χ3n) is 5.57. The van der Waals surface area contributed by atoms with Crippen LogP contribution in [0.3, 0.4) is 0 Å². The van der Waals surface area contributed by atoms with Crippen LogP contribution in [0.25, 0.3) is 33.9 Å². The Bertz CT molecular complexity index is 1740. The first kappa shape index (κ1) is 23.4. The summed E-state index contributed by atoms with van der Waals surface area (Å²) in [6.45, 7) is 5.22. The second-order valence-corrected chi connectivity index (χ2v) is 8.53. The smallest absolute Gasteiger partial charge is 0.439 e. The first-order valence-electron chi connectivity index (χ1n) is 10.8. The zero-order valence-electron chi connectivity index (χ0n) is 19.3. The van der Waals surface area contributed by atoms with E-state index in [2.05, 4.69) is 24.6 Å². The number of rotatable bonds is 5. The number of fused-ring (bicyclic) bond motifs is 1. The Kier molecular flexibility index (Phi) is 5.89. The minimum atomic E-state index is -0.758. The van der Waals surface area contributed by atoms with Crippen molar-refractivity contribution in [2.75, 3.05) is 0 Å². The third-order valence-corrected chi connectivity index (χ3v) is 5.78. The van der Waals surface area contributed by atoms with Gasteiger partial charge in [-0.05, 0) is 62.7 Å². The van der Waals surface area contributed by atoms with Crippen LogP contribution in [0, 0.1) is 19.8 Å². The number of hydrogen-bond donors (Lipinski definition) is 1. The molecule has 0 aliphatic rings. The molecule has 0 amide bonds. The molecule has 0 aliphatic heterocycles. The number of hydrogen-bond acceptors (Lipinski definition) is 8. The minimum Gasteiger partial charge on any atom is -0.483 e. The van der Waals surface area contributed by atoms with Gasteiger partial charge in [-0.15, -0.1) is 0 Å². The molecule has 0 unspecified atom stereocenters. The zero-order valence-corrected chi connectivity index (χ0v) is 20.0. The molecule has 0 aliphatic carbocycles. The molecule has 5 aromatic rings. The van der Waals surface area contributed by atoms with E-state index in [1.165, 1.54) is 18.2 Å². The SMILES string of the molecule is Cc1cc([C@@H](C)Oc2ccc(Cl)nc2-c2noc(=O)[nH]2)c2oc(-c3cccc(F)n3)c(C)c(=O)c2c1. The Morgan fingerprint density at radius 3 is 2.64 bits per heavy atom. The number of aromatic amines is 1. The van der Waals surface area contributed by atoms with Crippen molar-refractivity contribution in [2.24, 2.45) is 0 Å². The van der Waals surface area contributed by atoms with Crippen molar-refractivity contribution in [1.82, 2.24) is 20.1 Å². The fourth-order valence-corrected chi connectivity index (χ4v) is 4.07. The predicted octanol–water partition coefficient (Wildman–Crippen LogP) is 5.14. The molecular weight excluding hydrogens is 491 g/mol. The molecule has 182 valence electrons. The standard InChI is InChI=1S/C25H18ClFN4O5/c1-11-9-14(13(3)34-17-7-8-18(26)29-20(17)24-30-25(33)36-31-24)23-15(10-11)21(32)12(2)22(35-23)16-5-4-6-19(27)28-16/h4-10,13H,1-3H3,(H,30,31,33)/t13-/m1/s1. The van der Waals surface area contributed by atoms with Crippen molar-refractivity contribution in [1.29, 1.82) is 0 Å². The Hall–Kier alpha value is -4.31. The number of halogens is 2. The van der Waals surface area contributed by atoms with Gasteiger partial charge in [0.1, 0.15) is 28.3 Å². The number of nitrogens with zero attached hydrogens (tertiary/aromatic N) is 3. The topological polar surface area (TPSA) is 124 Å². The number of benzene rings is 1. The van der Waals surface area contributed by atoms with Crippen molar-refractivity contribution < 1.29 is 18.1 Å². The summed E-state index contributed by atoms with van der Waals surface area (Å²) >= 11 is 6.05. The van der Waals surface area contributed by atoms with Crippen LogP contribution in [0.1, 0.15) is 29.7 Å². The highest BCUT2D eigenvalue weighted by molar-refractivity contribution is 6.29. The molecule has 0 bridgehead atoms. The fraction of sp³-hybridized carbons (Fsp3) is 0.160. The third kappa shape index (κ3) is 4.27. The van der Waals surface area contributed by atoms with E-state index in [1.54, 1.807) is 32.0 Å². The molecule has 0 fully saturated rings. The predicted molar refractivity (Wildman–Crippen MR) is 130 cm³/mol. The lowest BCUT2D eigenvalue weighted by molar-refractivity contribution is 0.227. The second kappa shape index (κ2) is 9.04. The summed E-state index contributed by atoms with van der Waals surface area (Å²) in [5.74, 6) is -0.985. The molecule has 5 rings (SSSR count). The molecule has 1 atom stereocenters. The van der Waals surface area contributed by atoms with Gasteiger partial charge in [-0.3, -0.25) is 14.3 Å². The highest BCUT2D eigenvalue weighted by Crippen LogP contribution is 2.35. The van der Waals surface area contributed by atoms with Crippen molar-refractivity contribution in [2.45, 2.75) is 26.9 Å². The summed E-state index contributed by atoms with van der Waals surface area (Å²) in [5, 5.41) is 4.17. The quantitative estimate of drug-likeness (QED) is 0.323. The molecular formula is C25H18ClFN4O5. The van der Waals surface area contributed by atoms with Gasteiger partial charge in [-0.2, -0.15) is 4.39 Å². The monoisotopic (exact) mass is 508 g/mol. The molecule has 11 heteroatoms. The van der Waals surface area contributed by atoms with Crippen molar-refractivity contribution >= 4 is 22.6 Å². The maximum Gasteiger partial charge on any atom is 0.439 e. The van der Waals surface area contributed by atoms with Gasteiger partial charge in [-0.1, -0.05) is 22.8 Å². The normalized spacial score (nSPS) is 12.1. The van der Waals surface area contributed by atoms with Crippen LogP contribution in [-0.4, -0.2) is 20.1 Å². The number of ether oxygens (including phenoxy) is 1. The van der Waals surface area contributed by atoms with Gasteiger partial charge in [-0.25, -0.2) is 14.8 Å². The van der Waals surface area contributed by atoms with E-state index in [0.29, 0.717) is 16.5 Å². The molecule has 0 radical (unpaired) electrons. The van der Waals surface area contributed by atoms with Crippen LogP contribution in [-0.2, 0) is 0 Å². The van der Waals surface area contributed by atoms with E-state index in [0.717, 1.165) is 5.56 Å². The molecule has 9 nitrogen and oxygen atoms in total. The van der Waals surface area contributed by atoms with E-state index in [4.69, 9.17) is 20.8 Å². The zero-order chi connectivity index (χ0) is 25.6. The van der Waals surface area contributed by atoms with E-state index < -0.39 is 17.8 Å². The summed E-state index contributed by atoms with van der Waals surface area (Å²) < 4.78 is 30.8. The summed E-state index contributed by atoms with van der Waals surface area (Å²) in [5.41, 5.74) is 2.07. The van der Waals surface area contributed by atoms with Crippen LogP contribution >= 0.6 is 11.6 Å². The lowest BCUT2D eigenvalue weighted by atomic mass is 10.0. The first-order valence-corrected chi connectivity index (χ1v) is 11.2. The van der Waals surface area contributed by atoms with Crippen molar-refractivity contribution in [3.63, 3.8) is 0 Å². The van der Waals surface area contributed by atoms with E-state index in [9.17, 15) is 14.0 Å². The number of aryl methyl sites for hydroxylation is 1. The Labute approximate surface area is 207 Å². The van der Waals surface area contributed by atoms with Gasteiger partial charge in [0.05, 0.1) is 5.39 Å². The molecule has 4 heterocycles. The highest BCUT2D eigenvalue weighted by atomic mass is 35.5. The van der Waals surface area contributed by atoms with Crippen molar-refractivity contribution in [3.05, 3.63) is 91.0 Å². The maximum absolute atomic E-state index is 13.8. The summed E-state index contributed by atoms with van der Waals surface area (Å²) in [7, 11) is 0. The van der Waals surface area contributed by atoms with Gasteiger partial charge in [0, 0.05) is 11.1 Å². The van der Waals surface area contributed by atoms with Gasteiger partial charge < -0.3 is 9.15 Å². The maximum atomic E-state index is 13.8. The average molecular weight is 509 g/mol. The second-order valence-electron chi connectivity index (χ2n) is 8.15. The summed E-state index contributed by atoms with van der Waals surface area (Å²) in [6.07, 6.45) is -0.660. The van der Waals surface area contributed by atoms with Crippen LogP contribution in [0.15, 0.2) is 61.0 Å². The number of nitrogens with one attached hydrogen (secondary N) is 1. The lowest BCUT2D eigenvalue weighted by Crippen LogP contribution is -2.12. The molecule has 1 aromatic carbocycles. The molecule has 0 spiro atoms. The number of H-pyrrole nitrogens is 1. The summed E-state index contributed by atoms with van der Waals surface area (Å²) in [4.78, 5) is 35.2. The van der Waals surface area contributed by atoms with E-state index in [-0.39, 0.29) is 44.9 Å². The fourth-order valence-electron chi connectivity index (χ4n) is 3.92. The van der Waals surface area contributed by atoms with Gasteiger partial charge in [0.15, 0.2) is 16.9 Å². The molecule has 36 heavy (non-hydrogen) atoms. The molecule has 0 saturated heterocycles. The van der Waals surface area contributed by atoms with Gasteiger partial charge in [0.2, 0.25) is 11.8 Å². The van der Waals surface area contributed by atoms with Crippen LogP contribution in [0.4, 0.5) is 4.39 Å². The molecule has 1 N–H and O–H groups in total. The number of pyridine rings is 2. The summed E-state index contributed by atoms with van der Waals surface area (Å²) in [6, 6.07) is 10.9. The lowest BCUT2D eigenvalue weighted by Gasteiger charge is -2.19. The number of aromatic nitrogens is 4. The van der Waals surface area contributed by atoms with Crippen LogP contribution in [0.5, 0.6) is 5.75 Å². The first-order chi connectivity index (χ1) is 17.2. The Balaban J connectivity index is 1.65. The molecule has 4 aromatic heterocycles. The average Bonchev–Trinajstić information content (AvgIpc) is 3.28. The Morgan fingerprint density at radius 1 is 1.11 bits per heavy atom. The van der Waals surface area contributed by atoms with E-state index >= 15 is 0 Å². The Morgan fingerprint density at radius 2 is 1.92 bits per heavy atom. The van der Waals surface area contributed by atoms with E-state index in [1.807, 2.05) is 13.0 Å². The minimum absolute atomic E-state index is 0.0421. The molecule has 0 saturated carbocycles. The highest BCUT2D eigenvalue weighted by Gasteiger charge is 2.22. The largest absolute Gasteiger partial charge is 0.483 e. The van der Waals surface area contributed by atoms with Crippen molar-refractivity contribution in [3.8, 4) is 28.7 Å².